The Labute approximate surface area is 163 Å². The van der Waals surface area contributed by atoms with Crippen molar-refractivity contribution in [3.8, 4) is 5.75 Å². The second-order valence-electron chi connectivity index (χ2n) is 6.19. The van der Waals surface area contributed by atoms with Crippen LogP contribution in [0.5, 0.6) is 5.75 Å². The summed E-state index contributed by atoms with van der Waals surface area (Å²) in [5.41, 5.74) is 2.34. The summed E-state index contributed by atoms with van der Waals surface area (Å²) in [6.45, 7) is 3.93. The molecule has 7 nitrogen and oxygen atoms in total. The van der Waals surface area contributed by atoms with Gasteiger partial charge in [-0.25, -0.2) is 9.59 Å². The molecule has 0 aliphatic heterocycles. The van der Waals surface area contributed by atoms with E-state index in [-0.39, 0.29) is 22.8 Å². The topological polar surface area (TPSA) is 90.9 Å². The van der Waals surface area contributed by atoms with Gasteiger partial charge in [0.25, 0.3) is 5.91 Å². The number of carbonyl (C=O) groups excluding carboxylic acids is 3. The van der Waals surface area contributed by atoms with E-state index in [1.165, 1.54) is 32.4 Å². The molecule has 0 heterocycles. The number of carbonyl (C=O) groups is 3. The average Bonchev–Trinajstić information content (AvgIpc) is 2.71. The minimum atomic E-state index is -0.844. The molecule has 2 aromatic rings. The molecule has 0 saturated carbocycles. The average molecular weight is 385 g/mol. The van der Waals surface area contributed by atoms with Crippen LogP contribution >= 0.6 is 0 Å². The van der Waals surface area contributed by atoms with Crippen molar-refractivity contribution in [2.45, 2.75) is 26.5 Å². The van der Waals surface area contributed by atoms with Gasteiger partial charge in [0, 0.05) is 6.54 Å². The van der Waals surface area contributed by atoms with Gasteiger partial charge in [-0.05, 0) is 37.6 Å². The summed E-state index contributed by atoms with van der Waals surface area (Å²) in [5.74, 6) is -1.41. The summed E-state index contributed by atoms with van der Waals surface area (Å²) in [5, 5.41) is 2.79. The highest BCUT2D eigenvalue weighted by Gasteiger charge is 2.18. The Morgan fingerprint density at radius 1 is 0.929 bits per heavy atom. The number of nitrogens with one attached hydrogen (secondary N) is 1. The summed E-state index contributed by atoms with van der Waals surface area (Å²) in [4.78, 5) is 36.0. The molecular weight excluding hydrogens is 362 g/mol. The van der Waals surface area contributed by atoms with E-state index >= 15 is 0 Å². The fourth-order valence-electron chi connectivity index (χ4n) is 2.43. The summed E-state index contributed by atoms with van der Waals surface area (Å²) in [7, 11) is 2.46. The highest BCUT2D eigenvalue weighted by Crippen LogP contribution is 2.20. The summed E-state index contributed by atoms with van der Waals surface area (Å²) in [6.07, 6.45) is -0.844. The van der Waals surface area contributed by atoms with E-state index in [1.807, 2.05) is 31.2 Å². The van der Waals surface area contributed by atoms with Gasteiger partial charge in [-0.1, -0.05) is 29.8 Å². The van der Waals surface area contributed by atoms with Crippen LogP contribution in [0.3, 0.4) is 0 Å². The Morgan fingerprint density at radius 3 is 1.96 bits per heavy atom. The van der Waals surface area contributed by atoms with Crippen molar-refractivity contribution in [2.24, 2.45) is 0 Å². The maximum atomic E-state index is 12.3. The van der Waals surface area contributed by atoms with Crippen molar-refractivity contribution < 1.29 is 28.6 Å². The molecule has 0 aliphatic rings. The molecule has 1 amide bonds. The normalized spacial score (nSPS) is 11.3. The van der Waals surface area contributed by atoms with E-state index in [9.17, 15) is 14.4 Å². The predicted molar refractivity (Wildman–Crippen MR) is 102 cm³/mol. The molecule has 0 aromatic heterocycles. The highest BCUT2D eigenvalue weighted by atomic mass is 16.5. The van der Waals surface area contributed by atoms with Gasteiger partial charge in [0.1, 0.15) is 5.75 Å². The van der Waals surface area contributed by atoms with Crippen LogP contribution in [0.15, 0.2) is 42.5 Å². The molecular formula is C21H23NO6. The van der Waals surface area contributed by atoms with Gasteiger partial charge < -0.3 is 19.5 Å². The second kappa shape index (κ2) is 9.55. The zero-order valence-electron chi connectivity index (χ0n) is 16.3. The van der Waals surface area contributed by atoms with Gasteiger partial charge in [-0.15, -0.1) is 0 Å². The van der Waals surface area contributed by atoms with Crippen LogP contribution in [-0.2, 0) is 20.8 Å². The van der Waals surface area contributed by atoms with Crippen molar-refractivity contribution in [3.63, 3.8) is 0 Å². The lowest BCUT2D eigenvalue weighted by Gasteiger charge is -2.16. The van der Waals surface area contributed by atoms with Gasteiger partial charge >= 0.3 is 11.9 Å². The molecule has 0 unspecified atom stereocenters. The minimum Gasteiger partial charge on any atom is -0.481 e. The molecule has 2 rings (SSSR count). The van der Waals surface area contributed by atoms with Crippen molar-refractivity contribution >= 4 is 17.8 Å². The van der Waals surface area contributed by atoms with E-state index in [1.54, 1.807) is 6.92 Å². The van der Waals surface area contributed by atoms with E-state index < -0.39 is 18.0 Å². The van der Waals surface area contributed by atoms with Gasteiger partial charge in [0.05, 0.1) is 25.3 Å². The Bertz CT molecular complexity index is 825. The van der Waals surface area contributed by atoms with E-state index in [0.717, 1.165) is 11.1 Å². The molecule has 0 aliphatic carbocycles. The minimum absolute atomic E-state index is 0.118. The van der Waals surface area contributed by atoms with E-state index in [2.05, 4.69) is 14.8 Å². The van der Waals surface area contributed by atoms with Crippen LogP contribution in [-0.4, -0.2) is 38.2 Å². The first kappa shape index (κ1) is 21.0. The monoisotopic (exact) mass is 385 g/mol. The summed E-state index contributed by atoms with van der Waals surface area (Å²) in [6, 6.07) is 12.0. The van der Waals surface area contributed by atoms with Crippen molar-refractivity contribution in [2.75, 3.05) is 14.2 Å². The number of hydrogen-bond donors (Lipinski definition) is 1. The fraction of sp³-hybridized carbons (Fsp3) is 0.286. The Hall–Kier alpha value is -3.35. The van der Waals surface area contributed by atoms with Crippen LogP contribution in [0.1, 0.15) is 38.8 Å². The molecule has 2 aromatic carbocycles. The van der Waals surface area contributed by atoms with Gasteiger partial charge in [0.15, 0.2) is 6.10 Å². The first-order valence-corrected chi connectivity index (χ1v) is 8.65. The lowest BCUT2D eigenvalue weighted by Crippen LogP contribution is -2.36. The Balaban J connectivity index is 2.09. The fourth-order valence-corrected chi connectivity index (χ4v) is 2.43. The number of methoxy groups -OCH3 is 2. The smallest absolute Gasteiger partial charge is 0.338 e. The number of aryl methyl sites for hydroxylation is 1. The lowest BCUT2D eigenvalue weighted by atomic mass is 10.1. The van der Waals surface area contributed by atoms with Gasteiger partial charge in [0.2, 0.25) is 0 Å². The number of amides is 1. The van der Waals surface area contributed by atoms with Crippen LogP contribution < -0.4 is 10.1 Å². The number of ether oxygens (including phenoxy) is 3. The molecule has 0 fully saturated rings. The molecule has 0 radical (unpaired) electrons. The van der Waals surface area contributed by atoms with Gasteiger partial charge in [-0.3, -0.25) is 4.79 Å². The third kappa shape index (κ3) is 5.57. The molecule has 0 spiro atoms. The first-order chi connectivity index (χ1) is 13.3. The number of esters is 2. The molecule has 0 bridgehead atoms. The van der Waals surface area contributed by atoms with Crippen LogP contribution in [0, 0.1) is 6.92 Å². The first-order valence-electron chi connectivity index (χ1n) is 8.65. The van der Waals surface area contributed by atoms with Crippen LogP contribution in [0.4, 0.5) is 0 Å². The van der Waals surface area contributed by atoms with Crippen LogP contribution in [0.2, 0.25) is 0 Å². The lowest BCUT2D eigenvalue weighted by molar-refractivity contribution is -0.127. The molecule has 148 valence electrons. The standard InChI is InChI=1S/C21H23NO6/c1-13-5-7-15(8-6-13)12-22-19(23)14(2)28-18-10-16(20(24)26-3)9-17(11-18)21(25)27-4/h5-11,14H,12H2,1-4H3,(H,22,23)/t14-/m1/s1. The third-order valence-corrected chi connectivity index (χ3v) is 4.02. The quantitative estimate of drug-likeness (QED) is 0.737. The molecule has 7 heteroatoms. The molecule has 1 N–H and O–H groups in total. The number of benzene rings is 2. The second-order valence-corrected chi connectivity index (χ2v) is 6.19. The van der Waals surface area contributed by atoms with Crippen molar-refractivity contribution in [3.05, 3.63) is 64.7 Å². The zero-order chi connectivity index (χ0) is 20.7. The summed E-state index contributed by atoms with van der Waals surface area (Å²) < 4.78 is 15.0. The Morgan fingerprint density at radius 2 is 1.46 bits per heavy atom. The molecule has 28 heavy (non-hydrogen) atoms. The van der Waals surface area contributed by atoms with Crippen molar-refractivity contribution in [1.29, 1.82) is 0 Å². The molecule has 1 atom stereocenters. The predicted octanol–water partition coefficient (Wildman–Crippen LogP) is 2.65. The maximum Gasteiger partial charge on any atom is 0.338 e. The zero-order valence-corrected chi connectivity index (χ0v) is 16.3. The number of hydrogen-bond acceptors (Lipinski definition) is 6. The maximum absolute atomic E-state index is 12.3. The largest absolute Gasteiger partial charge is 0.481 e. The summed E-state index contributed by atoms with van der Waals surface area (Å²) >= 11 is 0. The molecule has 0 saturated heterocycles. The van der Waals surface area contributed by atoms with Crippen LogP contribution in [0.25, 0.3) is 0 Å². The highest BCUT2D eigenvalue weighted by molar-refractivity contribution is 5.96. The number of rotatable bonds is 7. The van der Waals surface area contributed by atoms with Crippen molar-refractivity contribution in [1.82, 2.24) is 5.32 Å². The third-order valence-electron chi connectivity index (χ3n) is 4.02. The van der Waals surface area contributed by atoms with E-state index in [0.29, 0.717) is 6.54 Å². The Kier molecular flexibility index (Phi) is 7.14. The SMILES string of the molecule is COC(=O)c1cc(O[C@H](C)C(=O)NCc2ccc(C)cc2)cc(C(=O)OC)c1. The van der Waals surface area contributed by atoms with E-state index in [4.69, 9.17) is 4.74 Å². The van der Waals surface area contributed by atoms with Gasteiger partial charge in [-0.2, -0.15) is 0 Å².